The van der Waals surface area contributed by atoms with E-state index in [9.17, 15) is 4.79 Å². The number of aromatic nitrogens is 2. The van der Waals surface area contributed by atoms with Gasteiger partial charge in [-0.25, -0.2) is 0 Å². The van der Waals surface area contributed by atoms with Crippen LogP contribution in [0, 0.1) is 31.6 Å². The van der Waals surface area contributed by atoms with Crippen LogP contribution < -0.4 is 5.32 Å². The molecular weight excluding hydrogens is 324 g/mol. The third-order valence-electron chi connectivity index (χ3n) is 7.23. The molecule has 1 saturated heterocycles. The Morgan fingerprint density at radius 2 is 1.88 bits per heavy atom. The van der Waals surface area contributed by atoms with E-state index in [0.29, 0.717) is 18.4 Å². The Morgan fingerprint density at radius 1 is 1.12 bits per heavy atom. The number of likely N-dealkylation sites (tertiary alicyclic amines) is 1. The van der Waals surface area contributed by atoms with Crippen LogP contribution >= 0.6 is 0 Å². The van der Waals surface area contributed by atoms with Crippen molar-refractivity contribution in [2.45, 2.75) is 70.9 Å². The van der Waals surface area contributed by atoms with Crippen LogP contribution in [0.3, 0.4) is 0 Å². The summed E-state index contributed by atoms with van der Waals surface area (Å²) < 4.78 is 1.95. The second-order valence-electron chi connectivity index (χ2n) is 8.99. The van der Waals surface area contributed by atoms with Crippen molar-refractivity contribution in [3.05, 3.63) is 17.0 Å². The molecule has 2 aliphatic carbocycles. The Labute approximate surface area is 157 Å². The van der Waals surface area contributed by atoms with Crippen molar-refractivity contribution in [1.29, 1.82) is 0 Å². The molecule has 144 valence electrons. The number of carbonyl (C=O) groups is 1. The van der Waals surface area contributed by atoms with Crippen LogP contribution in [0.4, 0.5) is 0 Å². The van der Waals surface area contributed by atoms with Crippen LogP contribution in [-0.2, 0) is 11.8 Å². The molecule has 0 unspecified atom stereocenters. The van der Waals surface area contributed by atoms with Gasteiger partial charge in [-0.05, 0) is 51.4 Å². The molecule has 26 heavy (non-hydrogen) atoms. The van der Waals surface area contributed by atoms with E-state index in [1.54, 1.807) is 0 Å². The molecule has 0 spiro atoms. The third kappa shape index (κ3) is 3.30. The molecule has 3 aliphatic rings. The average Bonchev–Trinajstić information content (AvgIpc) is 3.39. The summed E-state index contributed by atoms with van der Waals surface area (Å²) in [6.45, 7) is 5.14. The summed E-state index contributed by atoms with van der Waals surface area (Å²) in [7, 11) is 3.96. The predicted octanol–water partition coefficient (Wildman–Crippen LogP) is 3.11. The van der Waals surface area contributed by atoms with Crippen molar-refractivity contribution in [2.24, 2.45) is 24.8 Å². The number of carbonyl (C=O) groups excluding carboxylic acids is 1. The molecule has 0 bridgehead atoms. The minimum absolute atomic E-state index is 0.159. The fourth-order valence-electron chi connectivity index (χ4n) is 5.51. The zero-order valence-corrected chi connectivity index (χ0v) is 16.8. The third-order valence-corrected chi connectivity index (χ3v) is 7.23. The summed E-state index contributed by atoms with van der Waals surface area (Å²) in [4.78, 5) is 14.4. The number of nitrogens with zero attached hydrogens (tertiary/aromatic N) is 3. The van der Waals surface area contributed by atoms with E-state index in [2.05, 4.69) is 24.3 Å². The average molecular weight is 359 g/mol. The van der Waals surface area contributed by atoms with E-state index in [4.69, 9.17) is 0 Å². The van der Waals surface area contributed by atoms with Gasteiger partial charge in [-0.15, -0.1) is 0 Å². The van der Waals surface area contributed by atoms with Gasteiger partial charge in [0.25, 0.3) is 0 Å². The molecule has 5 nitrogen and oxygen atoms in total. The Morgan fingerprint density at radius 3 is 2.54 bits per heavy atom. The van der Waals surface area contributed by atoms with Crippen LogP contribution in [0.25, 0.3) is 0 Å². The van der Waals surface area contributed by atoms with Gasteiger partial charge in [0.15, 0.2) is 0 Å². The maximum Gasteiger partial charge on any atom is 0.223 e. The van der Waals surface area contributed by atoms with Crippen molar-refractivity contribution < 1.29 is 4.79 Å². The first-order valence-corrected chi connectivity index (χ1v) is 10.4. The number of aryl methyl sites for hydroxylation is 2. The lowest BCUT2D eigenvalue weighted by Gasteiger charge is -2.32. The molecule has 1 amide bonds. The standard InChI is InChI=1S/C21H34N4O/c1-13-20(14(2)25(4)23-13)21-17(11-19(26)24(21)3)12-22-18-7-5-6-16(10-18)15-8-9-15/h15-18,21-22H,5-12H2,1-4H3/t16-,17+,18-,21-/m1/s1. The van der Waals surface area contributed by atoms with Crippen molar-refractivity contribution >= 4 is 5.91 Å². The van der Waals surface area contributed by atoms with Gasteiger partial charge in [0.2, 0.25) is 5.91 Å². The molecule has 5 heteroatoms. The molecule has 2 heterocycles. The lowest BCUT2D eigenvalue weighted by atomic mass is 9.82. The number of hydrogen-bond acceptors (Lipinski definition) is 3. The van der Waals surface area contributed by atoms with Crippen molar-refractivity contribution in [2.75, 3.05) is 13.6 Å². The SMILES string of the molecule is Cc1nn(C)c(C)c1[C@H]1[C@H](CN[C@@H]2CCC[C@@H](C3CC3)C2)CC(=O)N1C. The van der Waals surface area contributed by atoms with Crippen LogP contribution in [-0.4, -0.2) is 40.2 Å². The van der Waals surface area contributed by atoms with Gasteiger partial charge in [-0.2, -0.15) is 5.10 Å². The van der Waals surface area contributed by atoms with E-state index in [1.165, 1.54) is 49.8 Å². The Balaban J connectivity index is 1.45. The van der Waals surface area contributed by atoms with E-state index < -0.39 is 0 Å². The van der Waals surface area contributed by atoms with Gasteiger partial charge in [0.05, 0.1) is 11.7 Å². The molecule has 0 aromatic carbocycles. The summed E-state index contributed by atoms with van der Waals surface area (Å²) in [5.41, 5.74) is 3.51. The first kappa shape index (κ1) is 18.0. The Bertz CT molecular complexity index is 678. The Kier molecular flexibility index (Phi) is 4.84. The topological polar surface area (TPSA) is 50.2 Å². The highest BCUT2D eigenvalue weighted by Crippen LogP contribution is 2.44. The maximum atomic E-state index is 12.5. The summed E-state index contributed by atoms with van der Waals surface area (Å²) in [6, 6.07) is 0.804. The lowest BCUT2D eigenvalue weighted by molar-refractivity contribution is -0.127. The molecule has 1 aliphatic heterocycles. The highest BCUT2D eigenvalue weighted by molar-refractivity contribution is 5.79. The van der Waals surface area contributed by atoms with Gasteiger partial charge >= 0.3 is 0 Å². The molecule has 2 saturated carbocycles. The van der Waals surface area contributed by atoms with Crippen LogP contribution in [0.1, 0.15) is 67.9 Å². The summed E-state index contributed by atoms with van der Waals surface area (Å²) in [5, 5.41) is 8.45. The molecule has 1 N–H and O–H groups in total. The molecule has 1 aromatic rings. The molecular formula is C21H34N4O. The molecule has 0 radical (unpaired) electrons. The van der Waals surface area contributed by atoms with E-state index in [-0.39, 0.29) is 11.9 Å². The van der Waals surface area contributed by atoms with Gasteiger partial charge in [0, 0.05) is 50.3 Å². The fourth-order valence-corrected chi connectivity index (χ4v) is 5.51. The summed E-state index contributed by atoms with van der Waals surface area (Å²) >= 11 is 0. The maximum absolute atomic E-state index is 12.5. The first-order chi connectivity index (χ1) is 12.5. The fraction of sp³-hybridized carbons (Fsp3) is 0.810. The van der Waals surface area contributed by atoms with Gasteiger partial charge < -0.3 is 10.2 Å². The van der Waals surface area contributed by atoms with E-state index in [1.807, 2.05) is 23.7 Å². The van der Waals surface area contributed by atoms with Crippen molar-refractivity contribution in [1.82, 2.24) is 20.0 Å². The van der Waals surface area contributed by atoms with Gasteiger partial charge in [-0.3, -0.25) is 9.48 Å². The molecule has 4 rings (SSSR count). The molecule has 1 aromatic heterocycles. The highest BCUT2D eigenvalue weighted by atomic mass is 16.2. The molecule has 3 fully saturated rings. The predicted molar refractivity (Wildman–Crippen MR) is 103 cm³/mol. The zero-order chi connectivity index (χ0) is 18.4. The van der Waals surface area contributed by atoms with Crippen molar-refractivity contribution in [3.8, 4) is 0 Å². The van der Waals surface area contributed by atoms with Gasteiger partial charge in [0.1, 0.15) is 0 Å². The number of nitrogens with one attached hydrogen (secondary N) is 1. The highest BCUT2D eigenvalue weighted by Gasteiger charge is 2.41. The number of amides is 1. The Hall–Kier alpha value is -1.36. The van der Waals surface area contributed by atoms with Crippen molar-refractivity contribution in [3.63, 3.8) is 0 Å². The second-order valence-corrected chi connectivity index (χ2v) is 8.99. The summed E-state index contributed by atoms with van der Waals surface area (Å²) in [6.07, 6.45) is 9.02. The van der Waals surface area contributed by atoms with E-state index in [0.717, 1.165) is 24.1 Å². The van der Waals surface area contributed by atoms with Crippen LogP contribution in [0.5, 0.6) is 0 Å². The number of rotatable bonds is 5. The zero-order valence-electron chi connectivity index (χ0n) is 16.8. The smallest absolute Gasteiger partial charge is 0.223 e. The first-order valence-electron chi connectivity index (χ1n) is 10.4. The lowest BCUT2D eigenvalue weighted by Crippen LogP contribution is -2.39. The van der Waals surface area contributed by atoms with E-state index >= 15 is 0 Å². The monoisotopic (exact) mass is 358 g/mol. The minimum atomic E-state index is 0.159. The second kappa shape index (κ2) is 6.99. The largest absolute Gasteiger partial charge is 0.338 e. The summed E-state index contributed by atoms with van der Waals surface area (Å²) in [5.74, 6) is 2.58. The van der Waals surface area contributed by atoms with Gasteiger partial charge in [-0.1, -0.05) is 12.8 Å². The quantitative estimate of drug-likeness (QED) is 0.880. The van der Waals surface area contributed by atoms with Crippen LogP contribution in [0.15, 0.2) is 0 Å². The molecule has 4 atom stereocenters. The van der Waals surface area contributed by atoms with Crippen LogP contribution in [0.2, 0.25) is 0 Å². The minimum Gasteiger partial charge on any atom is -0.338 e. The normalized spacial score (nSPS) is 32.5. The number of hydrogen-bond donors (Lipinski definition) is 1.